The summed E-state index contributed by atoms with van der Waals surface area (Å²) in [7, 11) is -2.04. The van der Waals surface area contributed by atoms with Crippen LogP contribution in [0.4, 0.5) is 0 Å². The maximum absolute atomic E-state index is 11.5. The Labute approximate surface area is 102 Å². The third kappa shape index (κ3) is 9.30. The molecule has 6 heteroatoms. The minimum atomic E-state index is -2.98. The summed E-state index contributed by atoms with van der Waals surface area (Å²) in [6.07, 6.45) is 4.12. The van der Waals surface area contributed by atoms with Crippen molar-refractivity contribution in [1.82, 2.24) is 5.32 Å². The highest BCUT2D eigenvalue weighted by Gasteiger charge is 2.08. The van der Waals surface area contributed by atoms with Gasteiger partial charge in [-0.3, -0.25) is 4.21 Å². The quantitative estimate of drug-likeness (QED) is 0.664. The molecule has 0 amide bonds. The third-order valence-electron chi connectivity index (χ3n) is 2.51. The minimum absolute atomic E-state index is 0.0306. The van der Waals surface area contributed by atoms with Gasteiger partial charge in [0, 0.05) is 34.6 Å². The first-order valence-electron chi connectivity index (χ1n) is 5.59. The maximum atomic E-state index is 11.5. The predicted octanol–water partition coefficient (Wildman–Crippen LogP) is 0.558. The summed E-state index contributed by atoms with van der Waals surface area (Å²) in [6, 6.07) is 0.479. The molecule has 0 aromatic heterocycles. The van der Waals surface area contributed by atoms with E-state index in [1.807, 2.05) is 7.05 Å². The number of nitrogens with one attached hydrogen (secondary N) is 1. The average Bonchev–Trinajstić information content (AvgIpc) is 2.20. The van der Waals surface area contributed by atoms with Crippen molar-refractivity contribution in [2.45, 2.75) is 32.2 Å². The molecule has 0 saturated heterocycles. The molecule has 0 aromatic rings. The van der Waals surface area contributed by atoms with Crippen molar-refractivity contribution in [3.05, 3.63) is 0 Å². The van der Waals surface area contributed by atoms with Crippen LogP contribution in [0, 0.1) is 0 Å². The van der Waals surface area contributed by atoms with Gasteiger partial charge in [-0.2, -0.15) is 0 Å². The largest absolute Gasteiger partial charge is 0.317 e. The van der Waals surface area contributed by atoms with E-state index in [-0.39, 0.29) is 11.5 Å². The van der Waals surface area contributed by atoms with Crippen LogP contribution in [0.25, 0.3) is 0 Å². The van der Waals surface area contributed by atoms with Crippen LogP contribution in [0.1, 0.15) is 26.2 Å². The Morgan fingerprint density at radius 1 is 1.31 bits per heavy atom. The van der Waals surface area contributed by atoms with Gasteiger partial charge >= 0.3 is 0 Å². The standard InChI is InChI=1S/C10H23NO3S2/c1-4-10(11-2)6-5-7-15(12)8-9-16(3,13)14/h10-11H,4-9H2,1-3H3. The zero-order chi connectivity index (χ0) is 12.6. The van der Waals surface area contributed by atoms with E-state index < -0.39 is 20.6 Å². The van der Waals surface area contributed by atoms with Crippen LogP contribution >= 0.6 is 0 Å². The normalized spacial score (nSPS) is 15.9. The molecule has 0 radical (unpaired) electrons. The molecule has 0 aliphatic heterocycles. The molecule has 0 bridgehead atoms. The molecule has 0 fully saturated rings. The van der Waals surface area contributed by atoms with Crippen molar-refractivity contribution >= 4 is 20.6 Å². The highest BCUT2D eigenvalue weighted by atomic mass is 32.2. The predicted molar refractivity (Wildman–Crippen MR) is 70.0 cm³/mol. The fourth-order valence-corrected chi connectivity index (χ4v) is 4.04. The Morgan fingerprint density at radius 2 is 1.94 bits per heavy atom. The molecule has 4 nitrogen and oxygen atoms in total. The van der Waals surface area contributed by atoms with Gasteiger partial charge in [-0.1, -0.05) is 6.92 Å². The van der Waals surface area contributed by atoms with Crippen molar-refractivity contribution in [3.8, 4) is 0 Å². The van der Waals surface area contributed by atoms with E-state index in [4.69, 9.17) is 0 Å². The fraction of sp³-hybridized carbons (Fsp3) is 1.00. The summed E-state index contributed by atoms with van der Waals surface area (Å²) in [5, 5.41) is 3.19. The van der Waals surface area contributed by atoms with Gasteiger partial charge in [-0.05, 0) is 26.3 Å². The van der Waals surface area contributed by atoms with Gasteiger partial charge in [0.15, 0.2) is 0 Å². The molecule has 0 spiro atoms. The van der Waals surface area contributed by atoms with Crippen molar-refractivity contribution in [1.29, 1.82) is 0 Å². The van der Waals surface area contributed by atoms with Gasteiger partial charge in [0.05, 0.1) is 5.75 Å². The van der Waals surface area contributed by atoms with Crippen molar-refractivity contribution in [2.75, 3.05) is 30.6 Å². The van der Waals surface area contributed by atoms with Gasteiger partial charge in [-0.25, -0.2) is 8.42 Å². The Bertz CT molecular complexity index is 297. The Balaban J connectivity index is 3.66. The highest BCUT2D eigenvalue weighted by Crippen LogP contribution is 2.02. The first kappa shape index (κ1) is 16.1. The molecule has 0 rings (SSSR count). The summed E-state index contributed by atoms with van der Waals surface area (Å²) in [4.78, 5) is 0. The molecule has 1 N–H and O–H groups in total. The lowest BCUT2D eigenvalue weighted by Crippen LogP contribution is -2.24. The van der Waals surface area contributed by atoms with E-state index in [0.29, 0.717) is 11.8 Å². The van der Waals surface area contributed by atoms with Crippen LogP contribution in [0.3, 0.4) is 0 Å². The molecule has 98 valence electrons. The lowest BCUT2D eigenvalue weighted by molar-refractivity contribution is 0.503. The van der Waals surface area contributed by atoms with Crippen LogP contribution in [-0.4, -0.2) is 49.2 Å². The van der Waals surface area contributed by atoms with E-state index in [1.165, 1.54) is 6.26 Å². The van der Waals surface area contributed by atoms with E-state index in [2.05, 4.69) is 12.2 Å². The Kier molecular flexibility index (Phi) is 8.23. The van der Waals surface area contributed by atoms with Crippen LogP contribution < -0.4 is 5.32 Å². The van der Waals surface area contributed by atoms with E-state index in [9.17, 15) is 12.6 Å². The van der Waals surface area contributed by atoms with Crippen molar-refractivity contribution in [2.24, 2.45) is 0 Å². The van der Waals surface area contributed by atoms with Crippen molar-refractivity contribution in [3.63, 3.8) is 0 Å². The maximum Gasteiger partial charge on any atom is 0.148 e. The van der Waals surface area contributed by atoms with Crippen LogP contribution in [-0.2, 0) is 20.6 Å². The second kappa shape index (κ2) is 8.20. The molecular formula is C10H23NO3S2. The summed E-state index contributed by atoms with van der Waals surface area (Å²) in [6.45, 7) is 2.11. The molecule has 0 aliphatic carbocycles. The highest BCUT2D eigenvalue weighted by molar-refractivity contribution is 7.92. The third-order valence-corrected chi connectivity index (χ3v) is 5.12. The molecule has 0 aromatic carbocycles. The number of hydrogen-bond acceptors (Lipinski definition) is 4. The van der Waals surface area contributed by atoms with Crippen LogP contribution in [0.5, 0.6) is 0 Å². The Morgan fingerprint density at radius 3 is 2.38 bits per heavy atom. The van der Waals surface area contributed by atoms with Crippen molar-refractivity contribution < 1.29 is 12.6 Å². The average molecular weight is 269 g/mol. The second-order valence-corrected chi connectivity index (χ2v) is 7.97. The number of rotatable bonds is 9. The summed E-state index contributed by atoms with van der Waals surface area (Å²) in [5.41, 5.74) is 0. The summed E-state index contributed by atoms with van der Waals surface area (Å²) in [5.74, 6) is 0.908. The van der Waals surface area contributed by atoms with Gasteiger partial charge < -0.3 is 5.32 Å². The smallest absolute Gasteiger partial charge is 0.148 e. The first-order valence-corrected chi connectivity index (χ1v) is 9.14. The molecule has 0 saturated carbocycles. The number of hydrogen-bond donors (Lipinski definition) is 1. The van der Waals surface area contributed by atoms with Gasteiger partial charge in [-0.15, -0.1) is 0 Å². The SMILES string of the molecule is CCC(CCCS(=O)CCS(C)(=O)=O)NC. The van der Waals surface area contributed by atoms with Crippen LogP contribution in [0.15, 0.2) is 0 Å². The molecule has 0 aliphatic rings. The topological polar surface area (TPSA) is 63.2 Å². The zero-order valence-electron chi connectivity index (χ0n) is 10.4. The van der Waals surface area contributed by atoms with E-state index >= 15 is 0 Å². The fourth-order valence-electron chi connectivity index (χ4n) is 1.39. The molecule has 2 unspecified atom stereocenters. The first-order chi connectivity index (χ1) is 7.39. The van der Waals surface area contributed by atoms with Crippen LogP contribution in [0.2, 0.25) is 0 Å². The van der Waals surface area contributed by atoms with Gasteiger partial charge in [0.2, 0.25) is 0 Å². The minimum Gasteiger partial charge on any atom is -0.317 e. The molecule has 16 heavy (non-hydrogen) atoms. The monoisotopic (exact) mass is 269 g/mol. The summed E-state index contributed by atoms with van der Waals surface area (Å²) >= 11 is 0. The summed E-state index contributed by atoms with van der Waals surface area (Å²) < 4.78 is 33.2. The number of sulfone groups is 1. The lowest BCUT2D eigenvalue weighted by atomic mass is 10.1. The van der Waals surface area contributed by atoms with Gasteiger partial charge in [0.1, 0.15) is 9.84 Å². The van der Waals surface area contributed by atoms with E-state index in [0.717, 1.165) is 19.3 Å². The lowest BCUT2D eigenvalue weighted by Gasteiger charge is -2.12. The van der Waals surface area contributed by atoms with E-state index in [1.54, 1.807) is 0 Å². The molecule has 2 atom stereocenters. The molecule has 0 heterocycles. The zero-order valence-corrected chi connectivity index (χ0v) is 12.0. The Hall–Kier alpha value is 0.0600. The van der Waals surface area contributed by atoms with Gasteiger partial charge in [0.25, 0.3) is 0 Å². The second-order valence-electron chi connectivity index (χ2n) is 4.01. The molecular weight excluding hydrogens is 246 g/mol.